The minimum atomic E-state index is -1.04. The van der Waals surface area contributed by atoms with Crippen LogP contribution < -0.4 is 5.32 Å². The first-order valence-corrected chi connectivity index (χ1v) is 7.87. The number of nitrogens with one attached hydrogen (secondary N) is 1. The minimum absolute atomic E-state index is 0.0506. The van der Waals surface area contributed by atoms with Crippen LogP contribution in [-0.4, -0.2) is 41.2 Å². The van der Waals surface area contributed by atoms with Gasteiger partial charge in [0.25, 0.3) is 5.91 Å². The molecule has 1 fully saturated rings. The zero-order chi connectivity index (χ0) is 17.0. The van der Waals surface area contributed by atoms with Gasteiger partial charge in [-0.2, -0.15) is 0 Å². The molecular weight excluding hydrogens is 296 g/mol. The number of carbonyl (C=O) groups excluding carboxylic acids is 1. The molecule has 23 heavy (non-hydrogen) atoms. The van der Waals surface area contributed by atoms with Crippen LogP contribution in [0.5, 0.6) is 0 Å². The van der Waals surface area contributed by atoms with Crippen molar-refractivity contribution >= 4 is 11.9 Å². The molecule has 2 atom stereocenters. The Morgan fingerprint density at radius 2 is 2.13 bits per heavy atom. The van der Waals surface area contributed by atoms with Crippen LogP contribution >= 0.6 is 0 Å². The lowest BCUT2D eigenvalue weighted by molar-refractivity contribution is -0.142. The average Bonchev–Trinajstić information content (AvgIpc) is 2.52. The van der Waals surface area contributed by atoms with Gasteiger partial charge >= 0.3 is 5.97 Å². The average molecular weight is 320 g/mol. The summed E-state index contributed by atoms with van der Waals surface area (Å²) in [4.78, 5) is 27.9. The molecule has 1 aromatic heterocycles. The Morgan fingerprint density at radius 3 is 2.61 bits per heavy atom. The molecule has 0 aromatic carbocycles. The number of amides is 1. The number of nitrogens with zero attached hydrogens (tertiary/aromatic N) is 1. The maximum Gasteiger partial charge on any atom is 0.326 e. The third-order valence-corrected chi connectivity index (χ3v) is 4.08. The smallest absolute Gasteiger partial charge is 0.326 e. The molecule has 1 aromatic rings. The number of carbonyl (C=O) groups is 2. The number of ether oxygens (including phenoxy) is 1. The quantitative estimate of drug-likeness (QED) is 0.885. The number of hydrogen-bond donors (Lipinski definition) is 2. The summed E-state index contributed by atoms with van der Waals surface area (Å²) in [5, 5.41) is 12.0. The molecule has 1 aliphatic rings. The Kier molecular flexibility index (Phi) is 5.36. The fraction of sp³-hybridized carbons (Fsp3) is 0.588. The molecule has 2 heterocycles. The summed E-state index contributed by atoms with van der Waals surface area (Å²) in [6.07, 6.45) is 3.20. The van der Waals surface area contributed by atoms with Crippen molar-refractivity contribution in [3.63, 3.8) is 0 Å². The number of aromatic nitrogens is 1. The van der Waals surface area contributed by atoms with Crippen LogP contribution in [-0.2, 0) is 14.9 Å². The Hall–Kier alpha value is -1.95. The summed E-state index contributed by atoms with van der Waals surface area (Å²) in [6, 6.07) is 2.53. The van der Waals surface area contributed by atoms with Gasteiger partial charge in [0.2, 0.25) is 0 Å². The van der Waals surface area contributed by atoms with Crippen molar-refractivity contribution in [2.75, 3.05) is 13.2 Å². The molecule has 6 heteroatoms. The third kappa shape index (κ3) is 4.51. The maximum atomic E-state index is 12.3. The monoisotopic (exact) mass is 320 g/mol. The Labute approximate surface area is 136 Å². The van der Waals surface area contributed by atoms with Gasteiger partial charge in [0, 0.05) is 18.7 Å². The lowest BCUT2D eigenvalue weighted by atomic mass is 9.88. The fourth-order valence-corrected chi connectivity index (χ4v) is 2.60. The number of pyridine rings is 1. The van der Waals surface area contributed by atoms with E-state index in [9.17, 15) is 14.7 Å². The molecule has 0 saturated carbocycles. The summed E-state index contributed by atoms with van der Waals surface area (Å²) < 4.78 is 5.32. The summed E-state index contributed by atoms with van der Waals surface area (Å²) in [5.41, 5.74) is 1.19. The first-order valence-electron chi connectivity index (χ1n) is 7.87. The van der Waals surface area contributed by atoms with E-state index in [1.807, 2.05) is 6.07 Å². The van der Waals surface area contributed by atoms with E-state index in [1.54, 1.807) is 12.3 Å². The van der Waals surface area contributed by atoms with E-state index >= 15 is 0 Å². The summed E-state index contributed by atoms with van der Waals surface area (Å²) >= 11 is 0. The van der Waals surface area contributed by atoms with Gasteiger partial charge in [-0.3, -0.25) is 9.78 Å². The normalized spacial score (nSPS) is 19.9. The molecule has 0 aliphatic carbocycles. The highest BCUT2D eigenvalue weighted by molar-refractivity contribution is 5.95. The van der Waals surface area contributed by atoms with E-state index in [0.29, 0.717) is 13.2 Å². The van der Waals surface area contributed by atoms with Crippen LogP contribution in [0, 0.1) is 5.92 Å². The molecular formula is C17H24N2O4. The molecule has 1 amide bonds. The summed E-state index contributed by atoms with van der Waals surface area (Å²) in [6.45, 7) is 7.19. The number of carboxylic acid groups (broad SMARTS) is 1. The zero-order valence-electron chi connectivity index (χ0n) is 13.8. The molecule has 2 rings (SSSR count). The topological polar surface area (TPSA) is 88.5 Å². The highest BCUT2D eigenvalue weighted by Crippen LogP contribution is 2.21. The zero-order valence-corrected chi connectivity index (χ0v) is 13.8. The Morgan fingerprint density at radius 1 is 1.39 bits per heavy atom. The van der Waals surface area contributed by atoms with Gasteiger partial charge in [0.05, 0.1) is 6.61 Å². The maximum absolute atomic E-state index is 12.3. The van der Waals surface area contributed by atoms with Gasteiger partial charge in [-0.1, -0.05) is 26.8 Å². The Bertz CT molecular complexity index is 557. The van der Waals surface area contributed by atoms with E-state index in [0.717, 1.165) is 18.4 Å². The highest BCUT2D eigenvalue weighted by atomic mass is 16.5. The fourth-order valence-electron chi connectivity index (χ4n) is 2.60. The molecule has 1 saturated heterocycles. The van der Waals surface area contributed by atoms with Crippen molar-refractivity contribution in [1.82, 2.24) is 10.3 Å². The summed E-state index contributed by atoms with van der Waals surface area (Å²) in [5.74, 6) is -1.72. The second kappa shape index (κ2) is 7.08. The molecule has 126 valence electrons. The SMILES string of the molecule is CC(C)(C)c1ccc(C(=O)NC(C(=O)O)C2CCCOC2)nc1. The van der Waals surface area contributed by atoms with E-state index in [1.165, 1.54) is 0 Å². The first-order chi connectivity index (χ1) is 10.8. The van der Waals surface area contributed by atoms with E-state index in [2.05, 4.69) is 31.1 Å². The van der Waals surface area contributed by atoms with Crippen molar-refractivity contribution in [2.45, 2.75) is 45.1 Å². The highest BCUT2D eigenvalue weighted by Gasteiger charge is 2.31. The largest absolute Gasteiger partial charge is 0.480 e. The Balaban J connectivity index is 2.07. The second-order valence-electron chi connectivity index (χ2n) is 6.95. The van der Waals surface area contributed by atoms with Gasteiger partial charge in [-0.15, -0.1) is 0 Å². The first kappa shape index (κ1) is 17.4. The van der Waals surface area contributed by atoms with Gasteiger partial charge in [0.1, 0.15) is 11.7 Å². The molecule has 6 nitrogen and oxygen atoms in total. The summed E-state index contributed by atoms with van der Waals surface area (Å²) in [7, 11) is 0. The second-order valence-corrected chi connectivity index (χ2v) is 6.95. The minimum Gasteiger partial charge on any atom is -0.480 e. The lowest BCUT2D eigenvalue weighted by Gasteiger charge is -2.28. The lowest BCUT2D eigenvalue weighted by Crippen LogP contribution is -2.48. The molecule has 1 aliphatic heterocycles. The van der Waals surface area contributed by atoms with Crippen molar-refractivity contribution < 1.29 is 19.4 Å². The predicted octanol–water partition coefficient (Wildman–Crippen LogP) is 1.99. The predicted molar refractivity (Wildman–Crippen MR) is 85.4 cm³/mol. The van der Waals surface area contributed by atoms with Gasteiger partial charge < -0.3 is 15.2 Å². The van der Waals surface area contributed by atoms with Crippen LogP contribution in [0.1, 0.15) is 49.7 Å². The van der Waals surface area contributed by atoms with Crippen molar-refractivity contribution in [3.05, 3.63) is 29.6 Å². The standard InChI is InChI=1S/C17H24N2O4/c1-17(2,3)12-6-7-13(18-9-12)15(20)19-14(16(21)22)11-5-4-8-23-10-11/h6-7,9,11,14H,4-5,8,10H2,1-3H3,(H,19,20)(H,21,22). The van der Waals surface area contributed by atoms with E-state index in [4.69, 9.17) is 4.74 Å². The molecule has 0 bridgehead atoms. The number of carboxylic acids is 1. The van der Waals surface area contributed by atoms with Gasteiger partial charge in [-0.05, 0) is 29.9 Å². The molecule has 2 unspecified atom stereocenters. The molecule has 2 N–H and O–H groups in total. The van der Waals surface area contributed by atoms with Crippen LogP contribution in [0.2, 0.25) is 0 Å². The molecule has 0 radical (unpaired) electrons. The molecule has 0 spiro atoms. The number of rotatable bonds is 4. The number of aliphatic carboxylic acids is 1. The third-order valence-electron chi connectivity index (χ3n) is 4.08. The van der Waals surface area contributed by atoms with Crippen LogP contribution in [0.15, 0.2) is 18.3 Å². The van der Waals surface area contributed by atoms with Crippen molar-refractivity contribution in [2.24, 2.45) is 5.92 Å². The van der Waals surface area contributed by atoms with Crippen LogP contribution in [0.3, 0.4) is 0 Å². The van der Waals surface area contributed by atoms with Crippen LogP contribution in [0.25, 0.3) is 0 Å². The van der Waals surface area contributed by atoms with Gasteiger partial charge in [0.15, 0.2) is 0 Å². The number of hydrogen-bond acceptors (Lipinski definition) is 4. The van der Waals surface area contributed by atoms with Gasteiger partial charge in [-0.25, -0.2) is 4.79 Å². The van der Waals surface area contributed by atoms with E-state index in [-0.39, 0.29) is 17.0 Å². The van der Waals surface area contributed by atoms with E-state index < -0.39 is 17.9 Å². The van der Waals surface area contributed by atoms with Crippen molar-refractivity contribution in [1.29, 1.82) is 0 Å². The van der Waals surface area contributed by atoms with Crippen molar-refractivity contribution in [3.8, 4) is 0 Å². The van der Waals surface area contributed by atoms with Crippen LogP contribution in [0.4, 0.5) is 0 Å².